The van der Waals surface area contributed by atoms with Crippen LogP contribution in [0.5, 0.6) is 5.75 Å². The zero-order chi connectivity index (χ0) is 18.9. The van der Waals surface area contributed by atoms with Crippen molar-refractivity contribution in [3.8, 4) is 5.75 Å². The molecule has 2 aromatic rings. The van der Waals surface area contributed by atoms with E-state index < -0.39 is 0 Å². The third-order valence-corrected chi connectivity index (χ3v) is 5.83. The van der Waals surface area contributed by atoms with Crippen LogP contribution in [0.4, 0.5) is 5.69 Å². The van der Waals surface area contributed by atoms with Crippen LogP contribution in [0.15, 0.2) is 42.2 Å². The summed E-state index contributed by atoms with van der Waals surface area (Å²) >= 11 is 0. The minimum atomic E-state index is -0.305. The molecule has 27 heavy (non-hydrogen) atoms. The first-order chi connectivity index (χ1) is 13.1. The van der Waals surface area contributed by atoms with Gasteiger partial charge in [0.1, 0.15) is 17.2 Å². The zero-order valence-corrected chi connectivity index (χ0v) is 16.0. The summed E-state index contributed by atoms with van der Waals surface area (Å²) in [6.07, 6.45) is 9.55. The highest BCUT2D eigenvalue weighted by molar-refractivity contribution is 6.04. The van der Waals surface area contributed by atoms with Gasteiger partial charge in [-0.3, -0.25) is 4.79 Å². The Kier molecular flexibility index (Phi) is 5.02. The average Bonchev–Trinajstić information content (AvgIpc) is 2.69. The molecule has 0 saturated carbocycles. The predicted octanol–water partition coefficient (Wildman–Crippen LogP) is 5.87. The van der Waals surface area contributed by atoms with Crippen LogP contribution in [-0.4, -0.2) is 18.9 Å². The normalized spacial score (nSPS) is 19.6. The van der Waals surface area contributed by atoms with E-state index in [-0.39, 0.29) is 10.4 Å². The van der Waals surface area contributed by atoms with E-state index in [1.807, 2.05) is 30.3 Å². The summed E-state index contributed by atoms with van der Waals surface area (Å²) in [7, 11) is 0. The van der Waals surface area contributed by atoms with Gasteiger partial charge in [-0.05, 0) is 69.7 Å². The Balaban J connectivity index is 1.83. The molecule has 4 nitrogen and oxygen atoms in total. The van der Waals surface area contributed by atoms with Gasteiger partial charge in [0, 0.05) is 28.8 Å². The lowest BCUT2D eigenvalue weighted by atomic mass is 10.00. The quantitative estimate of drug-likeness (QED) is 0.387. The van der Waals surface area contributed by atoms with E-state index in [1.54, 1.807) is 6.92 Å². The summed E-state index contributed by atoms with van der Waals surface area (Å²) in [5.41, 5.74) is 1.40. The van der Waals surface area contributed by atoms with Crippen molar-refractivity contribution in [3.05, 3.63) is 52.9 Å². The highest BCUT2D eigenvalue weighted by atomic mass is 16.5. The van der Waals surface area contributed by atoms with Crippen molar-refractivity contribution in [2.45, 2.75) is 51.9 Å². The summed E-state index contributed by atoms with van der Waals surface area (Å²) in [5.74, 6) is 1.80. The van der Waals surface area contributed by atoms with Gasteiger partial charge in [-0.2, -0.15) is 0 Å². The van der Waals surface area contributed by atoms with Crippen molar-refractivity contribution in [3.63, 3.8) is 0 Å². The summed E-state index contributed by atoms with van der Waals surface area (Å²) in [5, 5.41) is 15.3. The first-order valence-corrected chi connectivity index (χ1v) is 10.1. The molecule has 0 N–H and O–H groups in total. The molecule has 0 bridgehead atoms. The van der Waals surface area contributed by atoms with Gasteiger partial charge < -0.3 is 14.6 Å². The molecule has 0 amide bonds. The standard InChI is InChI=1S/C23H27NO3/c1-17(25)18-10-11-20-21(16-18)22(24(26)14-6-3-7-15-24)12-13-23(20)27-19-8-4-2-5-9-19/h8,10-13,16H,2-7,9,14-15H2,1H3. The van der Waals surface area contributed by atoms with Gasteiger partial charge in [-0.15, -0.1) is 0 Å². The second kappa shape index (κ2) is 7.45. The van der Waals surface area contributed by atoms with Crippen molar-refractivity contribution >= 4 is 22.2 Å². The fourth-order valence-corrected chi connectivity index (χ4v) is 4.28. The number of hydroxylamine groups is 2. The maximum atomic E-state index is 13.5. The number of quaternary nitrogens is 1. The number of hydrogen-bond acceptors (Lipinski definition) is 3. The molecule has 1 fully saturated rings. The largest absolute Gasteiger partial charge is 0.627 e. The number of ether oxygens (including phenoxy) is 1. The van der Waals surface area contributed by atoms with Crippen molar-refractivity contribution in [2.24, 2.45) is 0 Å². The fraction of sp³-hybridized carbons (Fsp3) is 0.435. The molecule has 0 spiro atoms. The van der Waals surface area contributed by atoms with Gasteiger partial charge in [-0.1, -0.05) is 6.07 Å². The fourth-order valence-electron chi connectivity index (χ4n) is 4.28. The molecule has 1 aliphatic heterocycles. The lowest BCUT2D eigenvalue weighted by molar-refractivity contribution is 0.101. The third kappa shape index (κ3) is 3.64. The van der Waals surface area contributed by atoms with Crippen LogP contribution < -0.4 is 9.38 Å². The van der Waals surface area contributed by atoms with Crippen LogP contribution in [-0.2, 0) is 0 Å². The van der Waals surface area contributed by atoms with Gasteiger partial charge in [0.2, 0.25) is 0 Å². The van der Waals surface area contributed by atoms with E-state index in [0.717, 1.165) is 66.5 Å². The van der Waals surface area contributed by atoms with Crippen LogP contribution in [0.2, 0.25) is 0 Å². The zero-order valence-electron chi connectivity index (χ0n) is 16.0. The number of ketones is 1. The monoisotopic (exact) mass is 365 g/mol. The smallest absolute Gasteiger partial charge is 0.159 e. The van der Waals surface area contributed by atoms with Gasteiger partial charge in [0.25, 0.3) is 0 Å². The lowest BCUT2D eigenvalue weighted by Gasteiger charge is -2.45. The van der Waals surface area contributed by atoms with Crippen LogP contribution >= 0.6 is 0 Å². The Morgan fingerprint density at radius 3 is 2.52 bits per heavy atom. The average molecular weight is 365 g/mol. The van der Waals surface area contributed by atoms with Gasteiger partial charge in [0.15, 0.2) is 5.78 Å². The summed E-state index contributed by atoms with van der Waals surface area (Å²) in [4.78, 5) is 11.9. The van der Waals surface area contributed by atoms with Crippen molar-refractivity contribution in [2.75, 3.05) is 13.1 Å². The maximum absolute atomic E-state index is 13.5. The third-order valence-electron chi connectivity index (χ3n) is 5.83. The van der Waals surface area contributed by atoms with E-state index in [2.05, 4.69) is 6.08 Å². The molecular weight excluding hydrogens is 338 g/mol. The molecule has 1 aliphatic carbocycles. The molecule has 2 aromatic carbocycles. The molecule has 0 unspecified atom stereocenters. The molecule has 4 rings (SSSR count). The highest BCUT2D eigenvalue weighted by Gasteiger charge is 2.27. The number of hydrogen-bond donors (Lipinski definition) is 0. The lowest BCUT2D eigenvalue weighted by Crippen LogP contribution is -2.47. The number of allylic oxidation sites excluding steroid dienone is 2. The van der Waals surface area contributed by atoms with Crippen molar-refractivity contribution in [1.82, 2.24) is 4.65 Å². The second-order valence-corrected chi connectivity index (χ2v) is 7.81. The first-order valence-electron chi connectivity index (χ1n) is 10.1. The predicted molar refractivity (Wildman–Crippen MR) is 110 cm³/mol. The number of carbonyl (C=O) groups is 1. The molecule has 2 aliphatic rings. The summed E-state index contributed by atoms with van der Waals surface area (Å²) in [6, 6.07) is 9.50. The number of fused-ring (bicyclic) bond motifs is 1. The SMILES string of the molecule is CC(=O)c1ccc2c(OC3=CCCCC3)ccc([N+]3([O-])CCCCC3)c2c1. The summed E-state index contributed by atoms with van der Waals surface area (Å²) in [6.45, 7) is 2.77. The topological polar surface area (TPSA) is 49.4 Å². The molecule has 0 atom stereocenters. The van der Waals surface area contributed by atoms with Crippen molar-refractivity contribution in [1.29, 1.82) is 0 Å². The molecule has 0 radical (unpaired) electrons. The number of piperidine rings is 1. The number of nitrogens with zero attached hydrogens (tertiary/aromatic N) is 1. The van der Waals surface area contributed by atoms with E-state index >= 15 is 0 Å². The molecule has 0 aromatic heterocycles. The van der Waals surface area contributed by atoms with Crippen LogP contribution in [0.1, 0.15) is 62.2 Å². The van der Waals surface area contributed by atoms with Crippen LogP contribution in [0.25, 0.3) is 10.8 Å². The van der Waals surface area contributed by atoms with Gasteiger partial charge >= 0.3 is 0 Å². The Hall–Kier alpha value is -2.17. The Morgan fingerprint density at radius 1 is 1.00 bits per heavy atom. The van der Waals surface area contributed by atoms with Gasteiger partial charge in [-0.25, -0.2) is 0 Å². The molecule has 4 heteroatoms. The van der Waals surface area contributed by atoms with Gasteiger partial charge in [0.05, 0.1) is 13.1 Å². The maximum Gasteiger partial charge on any atom is 0.159 e. The van der Waals surface area contributed by atoms with E-state index in [1.165, 1.54) is 6.42 Å². The number of carbonyl (C=O) groups excluding carboxylic acids is 1. The minimum Gasteiger partial charge on any atom is -0.627 e. The van der Waals surface area contributed by atoms with E-state index in [9.17, 15) is 10.0 Å². The van der Waals surface area contributed by atoms with E-state index in [0.29, 0.717) is 18.7 Å². The Morgan fingerprint density at radius 2 is 1.81 bits per heavy atom. The van der Waals surface area contributed by atoms with Crippen LogP contribution in [0.3, 0.4) is 0 Å². The second-order valence-electron chi connectivity index (χ2n) is 7.81. The Bertz CT molecular complexity index is 894. The summed E-state index contributed by atoms with van der Waals surface area (Å²) < 4.78 is 5.91. The number of Topliss-reactive ketones (excluding diaryl/α,β-unsaturated/α-hetero) is 1. The first kappa shape index (κ1) is 18.2. The number of rotatable bonds is 4. The van der Waals surface area contributed by atoms with E-state index in [4.69, 9.17) is 4.74 Å². The van der Waals surface area contributed by atoms with Crippen LogP contribution in [0, 0.1) is 5.21 Å². The number of benzene rings is 2. The molecular formula is C23H27NO3. The minimum absolute atomic E-state index is 0.0141. The van der Waals surface area contributed by atoms with Crippen molar-refractivity contribution < 1.29 is 9.53 Å². The molecule has 142 valence electrons. The molecule has 1 saturated heterocycles. The Labute approximate surface area is 160 Å². The molecule has 1 heterocycles. The highest BCUT2D eigenvalue weighted by Crippen LogP contribution is 2.40.